The summed E-state index contributed by atoms with van der Waals surface area (Å²) in [6.07, 6.45) is 3.80. The second kappa shape index (κ2) is 7.27. The Morgan fingerprint density at radius 3 is 2.63 bits per heavy atom. The zero-order chi connectivity index (χ0) is 13.5. The van der Waals surface area contributed by atoms with Gasteiger partial charge in [-0.05, 0) is 43.1 Å². The molecule has 0 saturated carbocycles. The molecule has 2 aromatic rings. The first-order valence-corrected chi connectivity index (χ1v) is 7.06. The summed E-state index contributed by atoms with van der Waals surface area (Å²) >= 11 is 6.24. The maximum Gasteiger partial charge on any atom is 0.0576 e. The molecular formula is C16H19ClN2. The van der Waals surface area contributed by atoms with E-state index in [1.54, 1.807) is 0 Å². The molecule has 0 radical (unpaired) electrons. The van der Waals surface area contributed by atoms with Crippen LogP contribution in [0.4, 0.5) is 0 Å². The van der Waals surface area contributed by atoms with E-state index in [0.717, 1.165) is 35.7 Å². The Balaban J connectivity index is 2.17. The van der Waals surface area contributed by atoms with E-state index in [9.17, 15) is 0 Å². The van der Waals surface area contributed by atoms with Crippen molar-refractivity contribution in [3.8, 4) is 0 Å². The minimum Gasteiger partial charge on any atom is -0.308 e. The summed E-state index contributed by atoms with van der Waals surface area (Å²) in [5.41, 5.74) is 2.22. The Bertz CT molecular complexity index is 499. The van der Waals surface area contributed by atoms with Crippen LogP contribution in [0.15, 0.2) is 48.7 Å². The van der Waals surface area contributed by atoms with Gasteiger partial charge in [0.1, 0.15) is 0 Å². The second-order valence-corrected chi connectivity index (χ2v) is 4.96. The SMILES string of the molecule is CCCNC(Cc1ccccc1Cl)c1ccccn1. The molecule has 1 atom stereocenters. The summed E-state index contributed by atoms with van der Waals surface area (Å²) in [6.45, 7) is 3.14. The predicted molar refractivity (Wildman–Crippen MR) is 80.4 cm³/mol. The Labute approximate surface area is 119 Å². The topological polar surface area (TPSA) is 24.9 Å². The molecule has 100 valence electrons. The smallest absolute Gasteiger partial charge is 0.0576 e. The first kappa shape index (κ1) is 14.0. The van der Waals surface area contributed by atoms with Gasteiger partial charge < -0.3 is 5.32 Å². The number of halogens is 1. The fourth-order valence-corrected chi connectivity index (χ4v) is 2.28. The molecule has 0 bridgehead atoms. The van der Waals surface area contributed by atoms with Gasteiger partial charge in [0.2, 0.25) is 0 Å². The number of nitrogens with one attached hydrogen (secondary N) is 1. The highest BCUT2D eigenvalue weighted by Gasteiger charge is 2.13. The van der Waals surface area contributed by atoms with Crippen LogP contribution in [0.1, 0.15) is 30.6 Å². The van der Waals surface area contributed by atoms with Gasteiger partial charge in [-0.25, -0.2) is 0 Å². The van der Waals surface area contributed by atoms with Crippen LogP contribution < -0.4 is 5.32 Å². The lowest BCUT2D eigenvalue weighted by Crippen LogP contribution is -2.25. The lowest BCUT2D eigenvalue weighted by atomic mass is 10.0. The zero-order valence-electron chi connectivity index (χ0n) is 11.1. The van der Waals surface area contributed by atoms with Crippen molar-refractivity contribution in [2.45, 2.75) is 25.8 Å². The number of nitrogens with zero attached hydrogens (tertiary/aromatic N) is 1. The van der Waals surface area contributed by atoms with Crippen LogP contribution >= 0.6 is 11.6 Å². The normalized spacial score (nSPS) is 12.3. The van der Waals surface area contributed by atoms with Gasteiger partial charge in [-0.15, -0.1) is 0 Å². The lowest BCUT2D eigenvalue weighted by Gasteiger charge is -2.18. The van der Waals surface area contributed by atoms with Crippen molar-refractivity contribution >= 4 is 11.6 Å². The lowest BCUT2D eigenvalue weighted by molar-refractivity contribution is 0.518. The van der Waals surface area contributed by atoms with Crippen molar-refractivity contribution in [1.82, 2.24) is 10.3 Å². The van der Waals surface area contributed by atoms with Crippen LogP contribution in [0.25, 0.3) is 0 Å². The molecule has 0 aliphatic rings. The van der Waals surface area contributed by atoms with E-state index in [0.29, 0.717) is 0 Å². The van der Waals surface area contributed by atoms with Crippen LogP contribution in [0, 0.1) is 0 Å². The van der Waals surface area contributed by atoms with E-state index in [4.69, 9.17) is 11.6 Å². The molecule has 0 aliphatic heterocycles. The molecule has 19 heavy (non-hydrogen) atoms. The van der Waals surface area contributed by atoms with Crippen molar-refractivity contribution in [3.63, 3.8) is 0 Å². The summed E-state index contributed by atoms with van der Waals surface area (Å²) in [4.78, 5) is 4.45. The van der Waals surface area contributed by atoms with Crippen molar-refractivity contribution in [2.75, 3.05) is 6.54 Å². The first-order chi connectivity index (χ1) is 9.31. The minimum atomic E-state index is 0.209. The Morgan fingerprint density at radius 1 is 1.16 bits per heavy atom. The van der Waals surface area contributed by atoms with E-state index in [1.165, 1.54) is 0 Å². The van der Waals surface area contributed by atoms with Gasteiger partial charge >= 0.3 is 0 Å². The second-order valence-electron chi connectivity index (χ2n) is 4.56. The number of benzene rings is 1. The molecule has 1 aromatic carbocycles. The van der Waals surface area contributed by atoms with Crippen molar-refractivity contribution < 1.29 is 0 Å². The molecule has 1 unspecified atom stereocenters. The van der Waals surface area contributed by atoms with Gasteiger partial charge in [-0.1, -0.05) is 42.8 Å². The molecule has 0 fully saturated rings. The zero-order valence-corrected chi connectivity index (χ0v) is 11.9. The van der Waals surface area contributed by atoms with Crippen LogP contribution in [-0.2, 0) is 6.42 Å². The monoisotopic (exact) mass is 274 g/mol. The summed E-state index contributed by atoms with van der Waals surface area (Å²) in [5.74, 6) is 0. The highest BCUT2D eigenvalue weighted by Crippen LogP contribution is 2.22. The maximum atomic E-state index is 6.24. The molecule has 1 heterocycles. The van der Waals surface area contributed by atoms with Gasteiger partial charge in [0.25, 0.3) is 0 Å². The molecule has 0 amide bonds. The summed E-state index contributed by atoms with van der Waals surface area (Å²) in [6, 6.07) is 14.2. The van der Waals surface area contributed by atoms with Gasteiger partial charge in [0, 0.05) is 11.2 Å². The number of aromatic nitrogens is 1. The molecule has 2 rings (SSSR count). The average Bonchev–Trinajstić information content (AvgIpc) is 2.46. The first-order valence-electron chi connectivity index (χ1n) is 6.69. The molecule has 1 N–H and O–H groups in total. The van der Waals surface area contributed by atoms with E-state index in [-0.39, 0.29) is 6.04 Å². The largest absolute Gasteiger partial charge is 0.308 e. The molecule has 0 aliphatic carbocycles. The third kappa shape index (κ3) is 4.05. The highest BCUT2D eigenvalue weighted by atomic mass is 35.5. The standard InChI is InChI=1S/C16H19ClN2/c1-2-10-18-16(15-9-5-6-11-19-15)12-13-7-3-4-8-14(13)17/h3-9,11,16,18H,2,10,12H2,1H3. The predicted octanol–water partition coefficient (Wildman–Crippen LogP) is 4.02. The highest BCUT2D eigenvalue weighted by molar-refractivity contribution is 6.31. The maximum absolute atomic E-state index is 6.24. The summed E-state index contributed by atoms with van der Waals surface area (Å²) in [7, 11) is 0. The van der Waals surface area contributed by atoms with E-state index in [2.05, 4.69) is 29.4 Å². The summed E-state index contributed by atoms with van der Waals surface area (Å²) in [5, 5.41) is 4.36. The van der Waals surface area contributed by atoms with Gasteiger partial charge in [-0.2, -0.15) is 0 Å². The fourth-order valence-electron chi connectivity index (χ4n) is 2.07. The average molecular weight is 275 g/mol. The number of hydrogen-bond donors (Lipinski definition) is 1. The van der Waals surface area contributed by atoms with Crippen molar-refractivity contribution in [3.05, 3.63) is 64.9 Å². The van der Waals surface area contributed by atoms with Crippen LogP contribution in [0.3, 0.4) is 0 Å². The molecule has 3 heteroatoms. The minimum absolute atomic E-state index is 0.209. The number of pyridine rings is 1. The fraction of sp³-hybridized carbons (Fsp3) is 0.312. The Hall–Kier alpha value is -1.38. The van der Waals surface area contributed by atoms with Gasteiger partial charge in [-0.3, -0.25) is 4.98 Å². The molecule has 0 saturated heterocycles. The molecule has 1 aromatic heterocycles. The molecule has 0 spiro atoms. The van der Waals surface area contributed by atoms with Crippen LogP contribution in [0.5, 0.6) is 0 Å². The van der Waals surface area contributed by atoms with Crippen molar-refractivity contribution in [2.24, 2.45) is 0 Å². The molecular weight excluding hydrogens is 256 g/mol. The van der Waals surface area contributed by atoms with Gasteiger partial charge in [0.05, 0.1) is 11.7 Å². The third-order valence-electron chi connectivity index (χ3n) is 3.07. The van der Waals surface area contributed by atoms with Gasteiger partial charge in [0.15, 0.2) is 0 Å². The Kier molecular flexibility index (Phi) is 5.37. The number of rotatable bonds is 6. The Morgan fingerprint density at radius 2 is 1.95 bits per heavy atom. The summed E-state index contributed by atoms with van der Waals surface area (Å²) < 4.78 is 0. The van der Waals surface area contributed by atoms with Crippen LogP contribution in [-0.4, -0.2) is 11.5 Å². The molecule has 2 nitrogen and oxygen atoms in total. The third-order valence-corrected chi connectivity index (χ3v) is 3.44. The van der Waals surface area contributed by atoms with Crippen molar-refractivity contribution in [1.29, 1.82) is 0 Å². The van der Waals surface area contributed by atoms with E-state index in [1.807, 2.05) is 36.5 Å². The number of hydrogen-bond acceptors (Lipinski definition) is 2. The quantitative estimate of drug-likeness (QED) is 0.861. The van der Waals surface area contributed by atoms with E-state index < -0.39 is 0 Å². The van der Waals surface area contributed by atoms with Crippen LogP contribution in [0.2, 0.25) is 5.02 Å². The van der Waals surface area contributed by atoms with E-state index >= 15 is 0 Å².